The number of carbonyl (C=O) groups is 1. The van der Waals surface area contributed by atoms with Crippen molar-refractivity contribution < 1.29 is 13.2 Å². The second kappa shape index (κ2) is 7.25. The lowest BCUT2D eigenvalue weighted by Crippen LogP contribution is -2.45. The second-order valence-corrected chi connectivity index (χ2v) is 6.06. The average Bonchev–Trinajstić information content (AvgIpc) is 2.44. The third kappa shape index (κ3) is 4.21. The molecule has 1 rings (SSSR count). The van der Waals surface area contributed by atoms with Gasteiger partial charge in [-0.05, 0) is 25.5 Å². The normalized spacial score (nSPS) is 12.8. The lowest BCUT2D eigenvalue weighted by atomic mass is 10.3. The van der Waals surface area contributed by atoms with Gasteiger partial charge in [0, 0.05) is 13.6 Å². The molecule has 0 aliphatic carbocycles. The Labute approximate surface area is 120 Å². The number of carbonyl (C=O) groups excluding carboxylic acids is 1. The Hall–Kier alpha value is -1.60. The SMILES string of the molecule is CCCNC(=O)C(C)NS(=O)(=O)c1ccccc1NC. The minimum Gasteiger partial charge on any atom is -0.387 e. The molecule has 0 bridgehead atoms. The van der Waals surface area contributed by atoms with E-state index in [1.54, 1.807) is 25.2 Å². The van der Waals surface area contributed by atoms with Gasteiger partial charge in [0.15, 0.2) is 0 Å². The van der Waals surface area contributed by atoms with Gasteiger partial charge in [-0.1, -0.05) is 19.1 Å². The zero-order valence-electron chi connectivity index (χ0n) is 11.9. The van der Waals surface area contributed by atoms with Crippen LogP contribution in [-0.2, 0) is 14.8 Å². The monoisotopic (exact) mass is 299 g/mol. The van der Waals surface area contributed by atoms with Crippen molar-refractivity contribution in [1.29, 1.82) is 0 Å². The van der Waals surface area contributed by atoms with Crippen LogP contribution in [-0.4, -0.2) is 34.0 Å². The summed E-state index contributed by atoms with van der Waals surface area (Å²) in [5.41, 5.74) is 0.487. The number of sulfonamides is 1. The molecule has 1 aromatic rings. The molecule has 1 unspecified atom stereocenters. The van der Waals surface area contributed by atoms with E-state index in [1.807, 2.05) is 6.92 Å². The Balaban J connectivity index is 2.87. The van der Waals surface area contributed by atoms with Crippen molar-refractivity contribution in [3.05, 3.63) is 24.3 Å². The molecule has 0 aromatic heterocycles. The molecule has 0 fully saturated rings. The molecule has 112 valence electrons. The first-order valence-electron chi connectivity index (χ1n) is 6.49. The number of para-hydroxylation sites is 1. The van der Waals surface area contributed by atoms with Crippen molar-refractivity contribution in [3.8, 4) is 0 Å². The third-order valence-corrected chi connectivity index (χ3v) is 4.32. The van der Waals surface area contributed by atoms with Crippen molar-refractivity contribution >= 4 is 21.6 Å². The molecule has 3 N–H and O–H groups in total. The molecule has 7 heteroatoms. The summed E-state index contributed by atoms with van der Waals surface area (Å²) < 4.78 is 26.9. The largest absolute Gasteiger partial charge is 0.387 e. The molecule has 6 nitrogen and oxygen atoms in total. The minimum atomic E-state index is -3.75. The summed E-state index contributed by atoms with van der Waals surface area (Å²) in [6.45, 7) is 3.97. The van der Waals surface area contributed by atoms with Crippen LogP contribution in [0.5, 0.6) is 0 Å². The van der Waals surface area contributed by atoms with Crippen LogP contribution in [0.3, 0.4) is 0 Å². The van der Waals surface area contributed by atoms with Crippen molar-refractivity contribution in [2.45, 2.75) is 31.2 Å². The maximum absolute atomic E-state index is 12.3. The molecule has 0 aliphatic rings. The predicted molar refractivity (Wildman–Crippen MR) is 79.1 cm³/mol. The van der Waals surface area contributed by atoms with Crippen molar-refractivity contribution in [1.82, 2.24) is 10.0 Å². The molecule has 20 heavy (non-hydrogen) atoms. The molecular weight excluding hydrogens is 278 g/mol. The zero-order valence-corrected chi connectivity index (χ0v) is 12.8. The zero-order chi connectivity index (χ0) is 15.2. The maximum Gasteiger partial charge on any atom is 0.243 e. The molecular formula is C13H21N3O3S. The fourth-order valence-corrected chi connectivity index (χ4v) is 3.08. The van der Waals surface area contributed by atoms with Crippen LogP contribution >= 0.6 is 0 Å². The highest BCUT2D eigenvalue weighted by Crippen LogP contribution is 2.20. The molecule has 0 aliphatic heterocycles. The molecule has 0 spiro atoms. The third-order valence-electron chi connectivity index (χ3n) is 2.72. The van der Waals surface area contributed by atoms with Gasteiger partial charge in [-0.15, -0.1) is 0 Å². The number of hydrogen-bond donors (Lipinski definition) is 3. The van der Waals surface area contributed by atoms with E-state index in [9.17, 15) is 13.2 Å². The van der Waals surface area contributed by atoms with Crippen LogP contribution in [0, 0.1) is 0 Å². The first-order valence-corrected chi connectivity index (χ1v) is 7.97. The molecule has 1 atom stereocenters. The summed E-state index contributed by atoms with van der Waals surface area (Å²) in [6, 6.07) is 5.71. The Morgan fingerprint density at radius 3 is 2.55 bits per heavy atom. The van der Waals surface area contributed by atoms with E-state index in [0.717, 1.165) is 6.42 Å². The van der Waals surface area contributed by atoms with Crippen LogP contribution in [0.4, 0.5) is 5.69 Å². The number of benzene rings is 1. The van der Waals surface area contributed by atoms with Crippen molar-refractivity contribution in [2.24, 2.45) is 0 Å². The van der Waals surface area contributed by atoms with Crippen LogP contribution < -0.4 is 15.4 Å². The molecule has 0 saturated carbocycles. The van der Waals surface area contributed by atoms with E-state index in [1.165, 1.54) is 13.0 Å². The fraction of sp³-hybridized carbons (Fsp3) is 0.462. The van der Waals surface area contributed by atoms with Gasteiger partial charge in [0.05, 0.1) is 11.7 Å². The number of anilines is 1. The fourth-order valence-electron chi connectivity index (χ4n) is 1.66. The molecule has 1 amide bonds. The van der Waals surface area contributed by atoms with E-state index < -0.39 is 16.1 Å². The smallest absolute Gasteiger partial charge is 0.243 e. The first-order chi connectivity index (χ1) is 9.42. The standard InChI is InChI=1S/C13H21N3O3S/c1-4-9-15-13(17)10(2)16-20(18,19)12-8-6-5-7-11(12)14-3/h5-8,10,14,16H,4,9H2,1-3H3,(H,15,17). The van der Waals surface area contributed by atoms with Gasteiger partial charge in [0.2, 0.25) is 15.9 Å². The summed E-state index contributed by atoms with van der Waals surface area (Å²) >= 11 is 0. The van der Waals surface area contributed by atoms with E-state index in [4.69, 9.17) is 0 Å². The molecule has 0 saturated heterocycles. The number of amides is 1. The maximum atomic E-state index is 12.3. The summed E-state index contributed by atoms with van der Waals surface area (Å²) in [7, 11) is -2.10. The summed E-state index contributed by atoms with van der Waals surface area (Å²) in [6.07, 6.45) is 0.799. The van der Waals surface area contributed by atoms with Gasteiger partial charge in [0.1, 0.15) is 4.90 Å². The highest BCUT2D eigenvalue weighted by Gasteiger charge is 2.23. The van der Waals surface area contributed by atoms with Gasteiger partial charge < -0.3 is 10.6 Å². The van der Waals surface area contributed by atoms with E-state index in [0.29, 0.717) is 12.2 Å². The van der Waals surface area contributed by atoms with Gasteiger partial charge in [-0.2, -0.15) is 4.72 Å². The highest BCUT2D eigenvalue weighted by atomic mass is 32.2. The average molecular weight is 299 g/mol. The Morgan fingerprint density at radius 1 is 1.30 bits per heavy atom. The molecule has 0 radical (unpaired) electrons. The van der Waals surface area contributed by atoms with E-state index >= 15 is 0 Å². The van der Waals surface area contributed by atoms with Crippen molar-refractivity contribution in [3.63, 3.8) is 0 Å². The van der Waals surface area contributed by atoms with Crippen LogP contribution in [0.2, 0.25) is 0 Å². The summed E-state index contributed by atoms with van der Waals surface area (Å²) in [5, 5.41) is 5.47. The topological polar surface area (TPSA) is 87.3 Å². The van der Waals surface area contributed by atoms with Crippen LogP contribution in [0.15, 0.2) is 29.2 Å². The van der Waals surface area contributed by atoms with E-state index in [-0.39, 0.29) is 10.8 Å². The first kappa shape index (κ1) is 16.5. The predicted octanol–water partition coefficient (Wildman–Crippen LogP) is 0.921. The quantitative estimate of drug-likeness (QED) is 0.699. The summed E-state index contributed by atoms with van der Waals surface area (Å²) in [5.74, 6) is -0.336. The second-order valence-electron chi connectivity index (χ2n) is 4.38. The number of rotatable bonds is 7. The lowest BCUT2D eigenvalue weighted by Gasteiger charge is -2.16. The molecule has 0 heterocycles. The minimum absolute atomic E-state index is 0.123. The highest BCUT2D eigenvalue weighted by molar-refractivity contribution is 7.89. The number of nitrogens with one attached hydrogen (secondary N) is 3. The van der Waals surface area contributed by atoms with E-state index in [2.05, 4.69) is 15.4 Å². The Kier molecular flexibility index (Phi) is 5.97. The molecule has 1 aromatic carbocycles. The van der Waals surface area contributed by atoms with Crippen LogP contribution in [0.25, 0.3) is 0 Å². The van der Waals surface area contributed by atoms with Crippen molar-refractivity contribution in [2.75, 3.05) is 18.9 Å². The Bertz CT molecular complexity index is 558. The Morgan fingerprint density at radius 2 is 1.95 bits per heavy atom. The number of hydrogen-bond acceptors (Lipinski definition) is 4. The van der Waals surface area contributed by atoms with Gasteiger partial charge in [-0.25, -0.2) is 8.42 Å². The van der Waals surface area contributed by atoms with Gasteiger partial charge in [-0.3, -0.25) is 4.79 Å². The van der Waals surface area contributed by atoms with Gasteiger partial charge in [0.25, 0.3) is 0 Å². The van der Waals surface area contributed by atoms with Crippen LogP contribution in [0.1, 0.15) is 20.3 Å². The lowest BCUT2D eigenvalue weighted by molar-refractivity contribution is -0.122. The van der Waals surface area contributed by atoms with Gasteiger partial charge >= 0.3 is 0 Å². The summed E-state index contributed by atoms with van der Waals surface area (Å²) in [4.78, 5) is 11.8.